The lowest BCUT2D eigenvalue weighted by molar-refractivity contribution is -0.121. The number of para-hydroxylation sites is 3. The molecule has 0 aromatic heterocycles. The third-order valence-electron chi connectivity index (χ3n) is 5.51. The van der Waals surface area contributed by atoms with Gasteiger partial charge in [-0.3, -0.25) is 14.6 Å². The van der Waals surface area contributed by atoms with Crippen LogP contribution in [-0.4, -0.2) is 51.1 Å². The number of guanidine groups is 1. The first-order chi connectivity index (χ1) is 15.2. The van der Waals surface area contributed by atoms with Gasteiger partial charge in [0.1, 0.15) is 5.75 Å². The first kappa shape index (κ1) is 20.7. The van der Waals surface area contributed by atoms with Gasteiger partial charge in [-0.25, -0.2) is 0 Å². The smallest absolute Gasteiger partial charge is 0.265 e. The predicted octanol–water partition coefficient (Wildman–Crippen LogP) is 2.09. The number of hydrogen-bond acceptors (Lipinski definition) is 4. The molecular weight excluding hydrogens is 394 g/mol. The number of rotatable bonds is 6. The van der Waals surface area contributed by atoms with Gasteiger partial charge in [0, 0.05) is 44.7 Å². The van der Waals surface area contributed by atoms with E-state index in [-0.39, 0.29) is 24.3 Å². The Bertz CT molecular complexity index is 991. The summed E-state index contributed by atoms with van der Waals surface area (Å²) in [7, 11) is 1.72. The summed E-state index contributed by atoms with van der Waals surface area (Å²) < 4.78 is 5.49. The van der Waals surface area contributed by atoms with Crippen LogP contribution in [0.1, 0.15) is 24.3 Å². The molecule has 1 unspecified atom stereocenters. The maximum Gasteiger partial charge on any atom is 0.265 e. The second-order valence-corrected chi connectivity index (χ2v) is 7.57. The van der Waals surface area contributed by atoms with E-state index in [9.17, 15) is 9.59 Å². The van der Waals surface area contributed by atoms with Gasteiger partial charge in [0.2, 0.25) is 5.91 Å². The predicted molar refractivity (Wildman–Crippen MR) is 121 cm³/mol. The van der Waals surface area contributed by atoms with Crippen molar-refractivity contribution in [3.05, 3.63) is 54.1 Å². The van der Waals surface area contributed by atoms with Crippen LogP contribution in [0.3, 0.4) is 0 Å². The molecule has 0 aliphatic carbocycles. The number of nitrogens with zero attached hydrogens (tertiary/aromatic N) is 2. The highest BCUT2D eigenvalue weighted by molar-refractivity contribution is 5.97. The number of aliphatic imine (C=N–C) groups is 1. The summed E-state index contributed by atoms with van der Waals surface area (Å²) in [6.45, 7) is 1.94. The number of benzene rings is 2. The monoisotopic (exact) mass is 421 g/mol. The van der Waals surface area contributed by atoms with Gasteiger partial charge in [0.05, 0.1) is 5.69 Å². The lowest BCUT2D eigenvalue weighted by Gasteiger charge is -2.29. The molecule has 2 aromatic carbocycles. The zero-order valence-electron chi connectivity index (χ0n) is 17.6. The summed E-state index contributed by atoms with van der Waals surface area (Å²) >= 11 is 0. The molecule has 162 valence electrons. The van der Waals surface area contributed by atoms with Crippen LogP contribution in [0.5, 0.6) is 5.75 Å². The number of amides is 2. The summed E-state index contributed by atoms with van der Waals surface area (Å²) in [6, 6.07) is 15.5. The van der Waals surface area contributed by atoms with Crippen LogP contribution >= 0.6 is 0 Å². The maximum atomic E-state index is 12.3. The zero-order chi connectivity index (χ0) is 21.6. The standard InChI is InChI=1S/C23H27N5O3/c1-24-23(26-14-16-13-21(29)27-18-8-3-2-7-17(16)18)25-11-6-12-28-19-9-4-5-10-20(19)31-15-22(28)30/h2-5,7-10,16H,6,11-15H2,1H3,(H,27,29)(H2,24,25,26). The number of carbonyl (C=O) groups is 2. The van der Waals surface area contributed by atoms with Gasteiger partial charge in [-0.05, 0) is 30.2 Å². The average Bonchev–Trinajstić information content (AvgIpc) is 2.79. The van der Waals surface area contributed by atoms with E-state index in [0.717, 1.165) is 29.1 Å². The first-order valence-corrected chi connectivity index (χ1v) is 10.5. The molecule has 0 bridgehead atoms. The summed E-state index contributed by atoms with van der Waals surface area (Å²) in [4.78, 5) is 30.3. The number of ether oxygens (including phenoxy) is 1. The van der Waals surface area contributed by atoms with E-state index in [1.807, 2.05) is 42.5 Å². The summed E-state index contributed by atoms with van der Waals surface area (Å²) in [5, 5.41) is 9.54. The average molecular weight is 422 g/mol. The van der Waals surface area contributed by atoms with Crippen molar-refractivity contribution in [3.8, 4) is 5.75 Å². The molecule has 2 heterocycles. The largest absolute Gasteiger partial charge is 0.482 e. The summed E-state index contributed by atoms with van der Waals surface area (Å²) in [6.07, 6.45) is 1.20. The molecule has 4 rings (SSSR count). The van der Waals surface area contributed by atoms with Gasteiger partial charge < -0.3 is 25.6 Å². The Balaban J connectivity index is 1.27. The Morgan fingerprint density at radius 3 is 2.84 bits per heavy atom. The fourth-order valence-electron chi connectivity index (χ4n) is 3.97. The van der Waals surface area contributed by atoms with Crippen molar-refractivity contribution < 1.29 is 14.3 Å². The van der Waals surface area contributed by atoms with Crippen molar-refractivity contribution in [1.29, 1.82) is 0 Å². The number of anilines is 2. The van der Waals surface area contributed by atoms with E-state index < -0.39 is 0 Å². The molecule has 2 amide bonds. The van der Waals surface area contributed by atoms with Crippen LogP contribution in [0.2, 0.25) is 0 Å². The minimum Gasteiger partial charge on any atom is -0.482 e. The molecule has 0 saturated heterocycles. The van der Waals surface area contributed by atoms with Gasteiger partial charge in [-0.2, -0.15) is 0 Å². The molecule has 0 radical (unpaired) electrons. The number of carbonyl (C=O) groups excluding carboxylic acids is 2. The topological polar surface area (TPSA) is 95.1 Å². The van der Waals surface area contributed by atoms with Crippen molar-refractivity contribution in [2.24, 2.45) is 4.99 Å². The molecule has 1 atom stereocenters. The minimum absolute atomic E-state index is 0.0314. The molecule has 0 spiro atoms. The van der Waals surface area contributed by atoms with E-state index in [1.54, 1.807) is 11.9 Å². The fourth-order valence-corrected chi connectivity index (χ4v) is 3.97. The molecule has 8 nitrogen and oxygen atoms in total. The third-order valence-corrected chi connectivity index (χ3v) is 5.51. The number of fused-ring (bicyclic) bond motifs is 2. The van der Waals surface area contributed by atoms with Gasteiger partial charge in [-0.15, -0.1) is 0 Å². The van der Waals surface area contributed by atoms with E-state index in [4.69, 9.17) is 4.74 Å². The van der Waals surface area contributed by atoms with E-state index in [2.05, 4.69) is 27.0 Å². The first-order valence-electron chi connectivity index (χ1n) is 10.5. The quantitative estimate of drug-likeness (QED) is 0.377. The van der Waals surface area contributed by atoms with Crippen LogP contribution in [-0.2, 0) is 9.59 Å². The molecule has 31 heavy (non-hydrogen) atoms. The van der Waals surface area contributed by atoms with Crippen molar-refractivity contribution in [1.82, 2.24) is 10.6 Å². The van der Waals surface area contributed by atoms with E-state index in [0.29, 0.717) is 32.0 Å². The van der Waals surface area contributed by atoms with Crippen LogP contribution in [0, 0.1) is 0 Å². The second-order valence-electron chi connectivity index (χ2n) is 7.57. The lowest BCUT2D eigenvalue weighted by atomic mass is 9.90. The van der Waals surface area contributed by atoms with Crippen molar-refractivity contribution >= 4 is 29.1 Å². The van der Waals surface area contributed by atoms with E-state index >= 15 is 0 Å². The van der Waals surface area contributed by atoms with Gasteiger partial charge in [-0.1, -0.05) is 30.3 Å². The SMILES string of the molecule is CN=C(NCCCN1C(=O)COc2ccccc21)NCC1CC(=O)Nc2ccccc21. The molecule has 0 fully saturated rings. The Hall–Kier alpha value is -3.55. The Labute approximate surface area is 181 Å². The van der Waals surface area contributed by atoms with Crippen LogP contribution in [0.15, 0.2) is 53.5 Å². The van der Waals surface area contributed by atoms with Gasteiger partial charge >= 0.3 is 0 Å². The second kappa shape index (κ2) is 9.51. The number of nitrogens with one attached hydrogen (secondary N) is 3. The minimum atomic E-state index is -0.0320. The normalized spacial score (nSPS) is 17.9. The molecule has 2 aliphatic rings. The zero-order valence-corrected chi connectivity index (χ0v) is 17.6. The molecular formula is C23H27N5O3. The van der Waals surface area contributed by atoms with Crippen molar-refractivity contribution in [2.45, 2.75) is 18.8 Å². The Morgan fingerprint density at radius 2 is 1.97 bits per heavy atom. The highest BCUT2D eigenvalue weighted by Crippen LogP contribution is 2.32. The lowest BCUT2D eigenvalue weighted by Crippen LogP contribution is -2.43. The highest BCUT2D eigenvalue weighted by atomic mass is 16.5. The van der Waals surface area contributed by atoms with Gasteiger partial charge in [0.15, 0.2) is 12.6 Å². The van der Waals surface area contributed by atoms with Crippen molar-refractivity contribution in [2.75, 3.05) is 43.5 Å². The third kappa shape index (κ3) is 4.79. The van der Waals surface area contributed by atoms with E-state index in [1.165, 1.54) is 0 Å². The maximum absolute atomic E-state index is 12.3. The molecule has 2 aromatic rings. The molecule has 0 saturated carbocycles. The summed E-state index contributed by atoms with van der Waals surface area (Å²) in [5.41, 5.74) is 2.83. The van der Waals surface area contributed by atoms with Crippen LogP contribution in [0.4, 0.5) is 11.4 Å². The molecule has 8 heteroatoms. The van der Waals surface area contributed by atoms with Crippen LogP contribution in [0.25, 0.3) is 0 Å². The highest BCUT2D eigenvalue weighted by Gasteiger charge is 2.25. The fraction of sp³-hybridized carbons (Fsp3) is 0.348. The molecule has 3 N–H and O–H groups in total. The van der Waals surface area contributed by atoms with Crippen molar-refractivity contribution in [3.63, 3.8) is 0 Å². The summed E-state index contributed by atoms with van der Waals surface area (Å²) in [5.74, 6) is 1.51. The van der Waals surface area contributed by atoms with Gasteiger partial charge in [0.25, 0.3) is 5.91 Å². The Morgan fingerprint density at radius 1 is 1.16 bits per heavy atom. The molecule has 2 aliphatic heterocycles. The number of hydrogen-bond donors (Lipinski definition) is 3. The Kier molecular flexibility index (Phi) is 6.35. The van der Waals surface area contributed by atoms with Crippen LogP contribution < -0.4 is 25.6 Å².